The molecule has 2 aromatic carbocycles. The van der Waals surface area contributed by atoms with Crippen LogP contribution in [-0.2, 0) is 15.0 Å². The Balaban J connectivity index is 0.971. The van der Waals surface area contributed by atoms with Gasteiger partial charge in [0, 0.05) is 59.9 Å². The molecule has 1 unspecified atom stereocenters. The molecule has 55 heavy (non-hydrogen) atoms. The third-order valence-corrected chi connectivity index (χ3v) is 14.4. The molecule has 4 fully saturated rings. The highest BCUT2D eigenvalue weighted by Gasteiger charge is 2.49. The molecule has 0 N–H and O–H groups in total. The summed E-state index contributed by atoms with van der Waals surface area (Å²) in [7, 11) is 0. The number of fused-ring (bicyclic) bond motifs is 2. The minimum absolute atomic E-state index is 0.00232. The van der Waals surface area contributed by atoms with Gasteiger partial charge in [-0.1, -0.05) is 86.0 Å². The maximum atomic E-state index is 15.1. The molecule has 2 saturated heterocycles. The average molecular weight is 811 g/mol. The number of ketones is 1. The summed E-state index contributed by atoms with van der Waals surface area (Å²) in [5.74, 6) is 0.668. The van der Waals surface area contributed by atoms with Crippen molar-refractivity contribution in [1.29, 1.82) is 0 Å². The van der Waals surface area contributed by atoms with E-state index < -0.39 is 0 Å². The maximum Gasteiger partial charge on any atom is 0.163 e. The van der Waals surface area contributed by atoms with E-state index in [1.165, 1.54) is 81.4 Å². The van der Waals surface area contributed by atoms with Crippen molar-refractivity contribution in [3.63, 3.8) is 0 Å². The first-order valence-corrected chi connectivity index (χ1v) is 21.9. The van der Waals surface area contributed by atoms with E-state index in [-0.39, 0.29) is 22.9 Å². The lowest BCUT2D eigenvalue weighted by atomic mass is 9.68. The van der Waals surface area contributed by atoms with Crippen molar-refractivity contribution in [1.82, 2.24) is 4.90 Å². The maximum absolute atomic E-state index is 15.1. The number of nitrogens with zero attached hydrogens (tertiary/aromatic N) is 3. The van der Waals surface area contributed by atoms with Crippen molar-refractivity contribution in [3.05, 3.63) is 106 Å². The van der Waals surface area contributed by atoms with Gasteiger partial charge in [-0.15, -0.1) is 0 Å². The Hall–Kier alpha value is -3.29. The first kappa shape index (κ1) is 39.9. The van der Waals surface area contributed by atoms with Crippen LogP contribution in [0.2, 0.25) is 0 Å². The predicted molar refractivity (Wildman–Crippen MR) is 229 cm³/mol. The summed E-state index contributed by atoms with van der Waals surface area (Å²) < 4.78 is 15.7. The number of Topliss-reactive ketones (excluding diaryl/α,β-unsaturated/α-hetero) is 1. The Labute approximate surface area is 337 Å². The van der Waals surface area contributed by atoms with E-state index in [0.717, 1.165) is 74.5 Å². The number of rotatable bonds is 12. The summed E-state index contributed by atoms with van der Waals surface area (Å²) in [6.45, 7) is 20.1. The quantitative estimate of drug-likeness (QED) is 0.121. The van der Waals surface area contributed by atoms with Gasteiger partial charge in [-0.3, -0.25) is 4.79 Å². The highest BCUT2D eigenvalue weighted by molar-refractivity contribution is 9.12. The van der Waals surface area contributed by atoms with E-state index in [0.29, 0.717) is 33.4 Å². The molecule has 2 saturated carbocycles. The van der Waals surface area contributed by atoms with Crippen LogP contribution in [0.5, 0.6) is 0 Å². The normalized spacial score (nSPS) is 24.5. The highest BCUT2D eigenvalue weighted by Crippen LogP contribution is 2.57. The number of carbonyl (C=O) groups excluding carboxylic acids is 2. The molecular weight excluding hydrogens is 749 g/mol. The predicted octanol–water partition coefficient (Wildman–Crippen LogP) is 11.6. The topological polar surface area (TPSA) is 43.9 Å². The molecule has 7 rings (SSSR count). The number of carbonyl (C=O) groups is 2. The third kappa shape index (κ3) is 7.74. The van der Waals surface area contributed by atoms with Gasteiger partial charge in [0.2, 0.25) is 0 Å². The Morgan fingerprint density at radius 2 is 1.73 bits per heavy atom. The Kier molecular flexibility index (Phi) is 12.1. The molecule has 5 nitrogen and oxygen atoms in total. The fraction of sp³-hybridized carbons (Fsp3) is 0.542. The van der Waals surface area contributed by atoms with Gasteiger partial charge in [0.05, 0.1) is 17.0 Å². The zero-order valence-electron chi connectivity index (χ0n) is 33.5. The first-order chi connectivity index (χ1) is 26.5. The van der Waals surface area contributed by atoms with Crippen molar-refractivity contribution < 1.29 is 14.0 Å². The van der Waals surface area contributed by atoms with Crippen LogP contribution >= 0.6 is 15.9 Å². The minimum Gasteiger partial charge on any atom is -0.371 e. The Bertz CT molecular complexity index is 1830. The lowest BCUT2D eigenvalue weighted by Crippen LogP contribution is -2.61. The van der Waals surface area contributed by atoms with Crippen LogP contribution in [-0.4, -0.2) is 49.7 Å². The summed E-state index contributed by atoms with van der Waals surface area (Å²) in [5, 5.41) is 0. The second-order valence-corrected chi connectivity index (χ2v) is 18.5. The van der Waals surface area contributed by atoms with Crippen molar-refractivity contribution in [3.8, 4) is 0 Å². The van der Waals surface area contributed by atoms with Crippen LogP contribution < -0.4 is 9.80 Å². The number of piperidine rings is 1. The molecule has 5 aliphatic rings. The fourth-order valence-corrected chi connectivity index (χ4v) is 11.6. The van der Waals surface area contributed by atoms with Gasteiger partial charge in [0.15, 0.2) is 5.78 Å². The van der Waals surface area contributed by atoms with Gasteiger partial charge in [-0.2, -0.15) is 0 Å². The van der Waals surface area contributed by atoms with Crippen LogP contribution in [0, 0.1) is 17.2 Å². The molecule has 2 aromatic rings. The number of aldehydes is 1. The van der Waals surface area contributed by atoms with Gasteiger partial charge >= 0.3 is 0 Å². The number of allylic oxidation sites excluding steroid dienone is 5. The molecule has 7 heteroatoms. The standard InChI is InChI=1S/C48H61BrFN3O2/c1-6-11-39(30-54)41-19-18-40(28-43(41)50)52-25-23-47(24-26-52)31-51(32-47)29-36-13-15-37(16-14-36)38-17-20-42-45(27-38)53(35(5)48(42)21-9-8-10-22-48)44(12-7-2)46(33(3)49)34(4)55/h7,12,17-20,27-28,30,36-37,39H,3,5-6,8-11,13-16,21-26,29,31-32H2,1-2,4H3/b12-7?,46-44-. The van der Waals surface area contributed by atoms with Gasteiger partial charge in [0.25, 0.3) is 0 Å². The van der Waals surface area contributed by atoms with Crippen molar-refractivity contribution in [2.75, 3.05) is 42.5 Å². The molecule has 2 aliphatic carbocycles. The van der Waals surface area contributed by atoms with Gasteiger partial charge < -0.3 is 19.5 Å². The van der Waals surface area contributed by atoms with Crippen molar-refractivity contribution in [2.24, 2.45) is 11.3 Å². The van der Waals surface area contributed by atoms with Gasteiger partial charge in [0.1, 0.15) is 12.1 Å². The van der Waals surface area contributed by atoms with Gasteiger partial charge in [-0.05, 0) is 130 Å². The van der Waals surface area contributed by atoms with E-state index in [1.807, 2.05) is 32.1 Å². The second-order valence-electron chi connectivity index (χ2n) is 17.5. The number of likely N-dealkylation sites (tertiary alicyclic amines) is 1. The second kappa shape index (κ2) is 16.7. The smallest absolute Gasteiger partial charge is 0.163 e. The molecule has 2 spiro atoms. The third-order valence-electron chi connectivity index (χ3n) is 14.0. The zero-order chi connectivity index (χ0) is 38.9. The summed E-state index contributed by atoms with van der Waals surface area (Å²) in [4.78, 5) is 31.9. The summed E-state index contributed by atoms with van der Waals surface area (Å²) in [6, 6.07) is 12.8. The number of hydrogen-bond donors (Lipinski definition) is 0. The monoisotopic (exact) mass is 809 g/mol. The molecule has 1 atom stereocenters. The molecule has 0 aromatic heterocycles. The number of benzene rings is 2. The molecular formula is C48H61BrFN3O2. The van der Waals surface area contributed by atoms with Crippen LogP contribution in [0.3, 0.4) is 0 Å². The SMILES string of the molecule is C=C(Br)/C(C(C)=O)=C(\C=CC)N1C(=C)C2(CCCCC2)c2ccc(C3CCC(CN4CC5(CCN(c6ccc(C(C=O)CCC)c(F)c6)CC5)C4)CC3)cc21. The van der Waals surface area contributed by atoms with Crippen LogP contribution in [0.25, 0.3) is 0 Å². The van der Waals surface area contributed by atoms with Crippen LogP contribution in [0.15, 0.2) is 83.2 Å². The Morgan fingerprint density at radius 3 is 2.33 bits per heavy atom. The summed E-state index contributed by atoms with van der Waals surface area (Å²) in [5.41, 5.74) is 8.35. The fourth-order valence-electron chi connectivity index (χ4n) is 11.1. The average Bonchev–Trinajstić information content (AvgIpc) is 3.39. The number of anilines is 2. The van der Waals surface area contributed by atoms with Crippen LogP contribution in [0.1, 0.15) is 133 Å². The van der Waals surface area contributed by atoms with E-state index in [9.17, 15) is 9.59 Å². The summed E-state index contributed by atoms with van der Waals surface area (Å²) in [6.07, 6.45) is 19.6. The minimum atomic E-state index is -0.354. The van der Waals surface area contributed by atoms with Crippen molar-refractivity contribution in [2.45, 2.75) is 121 Å². The number of hydrogen-bond acceptors (Lipinski definition) is 5. The highest BCUT2D eigenvalue weighted by atomic mass is 79.9. The van der Waals surface area contributed by atoms with E-state index in [4.69, 9.17) is 6.58 Å². The molecule has 0 amide bonds. The molecule has 0 radical (unpaired) electrons. The van der Waals surface area contributed by atoms with E-state index in [2.05, 4.69) is 61.5 Å². The van der Waals surface area contributed by atoms with E-state index in [1.54, 1.807) is 13.0 Å². The van der Waals surface area contributed by atoms with E-state index >= 15 is 4.39 Å². The largest absolute Gasteiger partial charge is 0.371 e. The van der Waals surface area contributed by atoms with Crippen molar-refractivity contribution >= 4 is 39.4 Å². The molecule has 294 valence electrons. The zero-order valence-corrected chi connectivity index (χ0v) is 35.1. The lowest BCUT2D eigenvalue weighted by Gasteiger charge is -2.55. The molecule has 0 bridgehead atoms. The summed E-state index contributed by atoms with van der Waals surface area (Å²) >= 11 is 3.57. The molecule has 3 heterocycles. The van der Waals surface area contributed by atoms with Gasteiger partial charge in [-0.25, -0.2) is 4.39 Å². The first-order valence-electron chi connectivity index (χ1n) is 21.1. The molecule has 3 aliphatic heterocycles. The van der Waals surface area contributed by atoms with Crippen LogP contribution in [0.4, 0.5) is 15.8 Å². The lowest BCUT2D eigenvalue weighted by molar-refractivity contribution is -0.113. The Morgan fingerprint density at radius 1 is 1.02 bits per heavy atom. The number of halogens is 2.